The van der Waals surface area contributed by atoms with Crippen molar-refractivity contribution in [2.45, 2.75) is 25.3 Å². The Bertz CT molecular complexity index is 1660. The lowest BCUT2D eigenvalue weighted by Gasteiger charge is -2.21. The highest BCUT2D eigenvalue weighted by atomic mass is 32.2. The molecule has 5 rings (SSSR count). The number of para-hydroxylation sites is 1. The number of anilines is 2. The summed E-state index contributed by atoms with van der Waals surface area (Å²) in [5.74, 6) is -0.287. The van der Waals surface area contributed by atoms with Crippen LogP contribution in [0.4, 0.5) is 10.8 Å². The van der Waals surface area contributed by atoms with E-state index in [1.54, 1.807) is 47.5 Å². The van der Waals surface area contributed by atoms with Crippen molar-refractivity contribution < 1.29 is 13.2 Å². The molecular formula is C29H26N4O3S2. The van der Waals surface area contributed by atoms with Gasteiger partial charge in [-0.3, -0.25) is 19.0 Å². The van der Waals surface area contributed by atoms with Gasteiger partial charge >= 0.3 is 0 Å². The smallest absolute Gasteiger partial charge is 0.264 e. The number of aryl methyl sites for hydroxylation is 2. The van der Waals surface area contributed by atoms with Crippen molar-refractivity contribution in [1.29, 1.82) is 0 Å². The first-order valence-corrected chi connectivity index (χ1v) is 14.2. The SMILES string of the molecule is Cc1ccc(C)c2sc(N(Cc3ccccn3)C(=O)c3ccc(S(=O)(=O)N(C)c4ccccc4)cc3)nc12. The van der Waals surface area contributed by atoms with Crippen molar-refractivity contribution in [3.63, 3.8) is 0 Å². The summed E-state index contributed by atoms with van der Waals surface area (Å²) in [6.07, 6.45) is 1.69. The third kappa shape index (κ3) is 4.90. The fraction of sp³-hybridized carbons (Fsp3) is 0.138. The lowest BCUT2D eigenvalue weighted by molar-refractivity contribution is 0.0984. The van der Waals surface area contributed by atoms with Crippen LogP contribution in [0.3, 0.4) is 0 Å². The van der Waals surface area contributed by atoms with Crippen LogP contribution in [-0.2, 0) is 16.6 Å². The van der Waals surface area contributed by atoms with Gasteiger partial charge < -0.3 is 0 Å². The van der Waals surface area contributed by atoms with Crippen LogP contribution < -0.4 is 9.21 Å². The molecule has 1 amide bonds. The van der Waals surface area contributed by atoms with Crippen molar-refractivity contribution >= 4 is 48.3 Å². The van der Waals surface area contributed by atoms with E-state index in [0.717, 1.165) is 27.0 Å². The summed E-state index contributed by atoms with van der Waals surface area (Å²) >= 11 is 1.46. The predicted octanol–water partition coefficient (Wildman–Crippen LogP) is 5.98. The van der Waals surface area contributed by atoms with Gasteiger partial charge in [-0.25, -0.2) is 13.4 Å². The first-order valence-electron chi connectivity index (χ1n) is 12.0. The Morgan fingerprint density at radius 1 is 0.868 bits per heavy atom. The normalized spacial score (nSPS) is 11.4. The highest BCUT2D eigenvalue weighted by molar-refractivity contribution is 7.92. The van der Waals surface area contributed by atoms with Crippen LogP contribution in [0.2, 0.25) is 0 Å². The maximum absolute atomic E-state index is 13.8. The minimum atomic E-state index is -3.79. The van der Waals surface area contributed by atoms with Crippen molar-refractivity contribution in [3.05, 3.63) is 114 Å². The summed E-state index contributed by atoms with van der Waals surface area (Å²) in [6.45, 7) is 4.26. The number of sulfonamides is 1. The first-order chi connectivity index (χ1) is 18.3. The fourth-order valence-electron chi connectivity index (χ4n) is 4.10. The molecule has 0 aliphatic heterocycles. The number of amides is 1. The number of nitrogens with zero attached hydrogens (tertiary/aromatic N) is 4. The molecule has 0 aliphatic carbocycles. The van der Waals surface area contributed by atoms with Gasteiger partial charge in [-0.15, -0.1) is 0 Å². The molecule has 0 N–H and O–H groups in total. The summed E-state index contributed by atoms with van der Waals surface area (Å²) < 4.78 is 28.6. The van der Waals surface area contributed by atoms with E-state index < -0.39 is 10.0 Å². The molecule has 0 saturated carbocycles. The highest BCUT2D eigenvalue weighted by Crippen LogP contribution is 2.34. The highest BCUT2D eigenvalue weighted by Gasteiger charge is 2.25. The molecule has 0 unspecified atom stereocenters. The van der Waals surface area contributed by atoms with E-state index >= 15 is 0 Å². The van der Waals surface area contributed by atoms with E-state index in [4.69, 9.17) is 4.98 Å². The second-order valence-corrected chi connectivity index (χ2v) is 11.9. The lowest BCUT2D eigenvalue weighted by Crippen LogP contribution is -2.31. The minimum absolute atomic E-state index is 0.0999. The van der Waals surface area contributed by atoms with E-state index in [1.165, 1.54) is 34.8 Å². The van der Waals surface area contributed by atoms with Gasteiger partial charge in [0.2, 0.25) is 0 Å². The molecule has 0 fully saturated rings. The summed E-state index contributed by atoms with van der Waals surface area (Å²) in [5, 5.41) is 0.563. The maximum Gasteiger partial charge on any atom is 0.264 e. The van der Waals surface area contributed by atoms with E-state index in [-0.39, 0.29) is 17.3 Å². The molecule has 5 aromatic rings. The van der Waals surface area contributed by atoms with Gasteiger partial charge in [0, 0.05) is 18.8 Å². The number of carbonyl (C=O) groups excluding carboxylic acids is 1. The summed E-state index contributed by atoms with van der Waals surface area (Å²) in [5.41, 5.74) is 4.63. The standard InChI is InChI=1S/C29H26N4O3S2/c1-20-12-13-21(2)27-26(20)31-29(37-27)33(19-23-9-7-8-18-30-23)28(34)22-14-16-25(17-15-22)38(35,36)32(3)24-10-5-4-6-11-24/h4-18H,19H2,1-3H3. The number of carbonyl (C=O) groups is 1. The maximum atomic E-state index is 13.8. The summed E-state index contributed by atoms with van der Waals surface area (Å²) in [4.78, 5) is 24.7. The van der Waals surface area contributed by atoms with Gasteiger partial charge in [-0.1, -0.05) is 47.7 Å². The van der Waals surface area contributed by atoms with Crippen LogP contribution in [0.25, 0.3) is 10.2 Å². The first kappa shape index (κ1) is 25.6. The number of aromatic nitrogens is 2. The molecule has 9 heteroatoms. The van der Waals surface area contributed by atoms with E-state index in [2.05, 4.69) is 11.1 Å². The van der Waals surface area contributed by atoms with Crippen molar-refractivity contribution in [3.8, 4) is 0 Å². The van der Waals surface area contributed by atoms with Crippen molar-refractivity contribution in [1.82, 2.24) is 9.97 Å². The van der Waals surface area contributed by atoms with Gasteiger partial charge in [0.05, 0.1) is 33.0 Å². The molecule has 7 nitrogen and oxygen atoms in total. The zero-order valence-electron chi connectivity index (χ0n) is 21.2. The summed E-state index contributed by atoms with van der Waals surface area (Å²) in [7, 11) is -2.28. The predicted molar refractivity (Wildman–Crippen MR) is 152 cm³/mol. The number of thiazole rings is 1. The summed E-state index contributed by atoms with van der Waals surface area (Å²) in [6, 6.07) is 24.5. The van der Waals surface area contributed by atoms with Crippen LogP contribution in [0.5, 0.6) is 0 Å². The Balaban J connectivity index is 1.50. The van der Waals surface area contributed by atoms with Crippen molar-refractivity contribution in [2.75, 3.05) is 16.3 Å². The Morgan fingerprint density at radius 3 is 2.21 bits per heavy atom. The lowest BCUT2D eigenvalue weighted by atomic mass is 10.1. The molecule has 192 valence electrons. The molecule has 0 spiro atoms. The van der Waals surface area contributed by atoms with Crippen molar-refractivity contribution in [2.24, 2.45) is 0 Å². The molecule has 38 heavy (non-hydrogen) atoms. The molecule has 0 saturated heterocycles. The molecule has 0 radical (unpaired) electrons. The van der Waals surface area contributed by atoms with Crippen LogP contribution in [-0.4, -0.2) is 31.3 Å². The van der Waals surface area contributed by atoms with Gasteiger partial charge in [0.15, 0.2) is 5.13 Å². The van der Waals surface area contributed by atoms with Crippen LogP contribution in [0.15, 0.2) is 96.0 Å². The second-order valence-electron chi connectivity index (χ2n) is 8.92. The zero-order chi connectivity index (χ0) is 26.9. The Hall–Kier alpha value is -4.08. The molecule has 3 aromatic carbocycles. The van der Waals surface area contributed by atoms with E-state index in [1.807, 2.05) is 44.2 Å². The monoisotopic (exact) mass is 542 g/mol. The number of pyridine rings is 1. The molecular weight excluding hydrogens is 516 g/mol. The molecule has 0 bridgehead atoms. The molecule has 2 aromatic heterocycles. The second kappa shape index (κ2) is 10.4. The largest absolute Gasteiger partial charge is 0.278 e. The number of hydrogen-bond acceptors (Lipinski definition) is 6. The number of hydrogen-bond donors (Lipinski definition) is 0. The van der Waals surface area contributed by atoms with Crippen LogP contribution in [0.1, 0.15) is 27.2 Å². The topological polar surface area (TPSA) is 83.5 Å². The van der Waals surface area contributed by atoms with Gasteiger partial charge in [-0.2, -0.15) is 0 Å². The van der Waals surface area contributed by atoms with E-state index in [0.29, 0.717) is 16.4 Å². The van der Waals surface area contributed by atoms with Crippen LogP contribution in [0, 0.1) is 13.8 Å². The third-order valence-corrected chi connectivity index (χ3v) is 9.35. The average molecular weight is 543 g/mol. The Morgan fingerprint density at radius 2 is 1.55 bits per heavy atom. The molecule has 0 aliphatic rings. The average Bonchev–Trinajstić information content (AvgIpc) is 3.41. The van der Waals surface area contributed by atoms with Gasteiger partial charge in [-0.05, 0) is 73.5 Å². The minimum Gasteiger partial charge on any atom is -0.278 e. The zero-order valence-corrected chi connectivity index (χ0v) is 22.8. The third-order valence-electron chi connectivity index (χ3n) is 6.33. The van der Waals surface area contributed by atoms with Gasteiger partial charge in [0.25, 0.3) is 15.9 Å². The fourth-order valence-corrected chi connectivity index (χ4v) is 6.41. The molecule has 2 heterocycles. The number of benzene rings is 3. The number of fused-ring (bicyclic) bond motifs is 1. The van der Waals surface area contributed by atoms with Crippen LogP contribution >= 0.6 is 11.3 Å². The Labute approximate surface area is 226 Å². The van der Waals surface area contributed by atoms with E-state index in [9.17, 15) is 13.2 Å². The van der Waals surface area contributed by atoms with Gasteiger partial charge in [0.1, 0.15) is 0 Å². The Kier molecular flexibility index (Phi) is 6.96. The quantitative estimate of drug-likeness (QED) is 0.253. The molecule has 0 atom stereocenters. The number of rotatable bonds is 7.